The van der Waals surface area contributed by atoms with Crippen LogP contribution in [0, 0.1) is 19.7 Å². The average molecular weight is 446 g/mol. The summed E-state index contributed by atoms with van der Waals surface area (Å²) in [5, 5.41) is 4.50. The van der Waals surface area contributed by atoms with Gasteiger partial charge in [-0.3, -0.25) is 4.68 Å². The molecule has 0 amide bonds. The van der Waals surface area contributed by atoms with Gasteiger partial charge in [0.25, 0.3) is 0 Å². The van der Waals surface area contributed by atoms with Crippen molar-refractivity contribution in [2.24, 2.45) is 0 Å². The first kappa shape index (κ1) is 20.2. The highest BCUT2D eigenvalue weighted by molar-refractivity contribution is 5.88. The minimum Gasteiger partial charge on any atom is -0.370 e. The molecule has 1 aliphatic heterocycles. The third kappa shape index (κ3) is 3.82. The molecule has 9 heteroatoms. The molecule has 4 heterocycles. The number of hydrogen-bond acceptors (Lipinski definition) is 7. The number of ether oxygens (including phenoxy) is 1. The Kier molecular flexibility index (Phi) is 4.79. The number of halogens is 1. The number of aromatic nitrogens is 6. The van der Waals surface area contributed by atoms with Crippen LogP contribution in [0.4, 0.5) is 10.3 Å². The molecule has 168 valence electrons. The van der Waals surface area contributed by atoms with Crippen LogP contribution in [-0.4, -0.2) is 49.4 Å². The van der Waals surface area contributed by atoms with Crippen LogP contribution >= 0.6 is 0 Å². The third-order valence-electron chi connectivity index (χ3n) is 6.16. The fourth-order valence-corrected chi connectivity index (χ4v) is 4.21. The molecule has 0 N–H and O–H groups in total. The Morgan fingerprint density at radius 3 is 2.79 bits per heavy atom. The summed E-state index contributed by atoms with van der Waals surface area (Å²) in [6.07, 6.45) is 7.85. The molecule has 2 aliphatic rings. The molecule has 1 aromatic carbocycles. The van der Waals surface area contributed by atoms with Crippen LogP contribution < -0.4 is 4.90 Å². The molecule has 0 spiro atoms. The number of morpholine rings is 1. The quantitative estimate of drug-likeness (QED) is 0.470. The van der Waals surface area contributed by atoms with E-state index in [2.05, 4.69) is 26.2 Å². The van der Waals surface area contributed by atoms with Gasteiger partial charge in [-0.2, -0.15) is 10.1 Å². The van der Waals surface area contributed by atoms with Crippen molar-refractivity contribution in [3.8, 4) is 11.3 Å². The lowest BCUT2D eigenvalue weighted by Crippen LogP contribution is -2.39. The lowest BCUT2D eigenvalue weighted by molar-refractivity contribution is 0.0392. The molecule has 4 aromatic rings. The molecule has 33 heavy (non-hydrogen) atoms. The summed E-state index contributed by atoms with van der Waals surface area (Å²) in [6, 6.07) is 5.64. The first-order valence-electron chi connectivity index (χ1n) is 11.2. The second-order valence-electron chi connectivity index (χ2n) is 8.83. The first-order valence-corrected chi connectivity index (χ1v) is 11.2. The number of benzene rings is 1. The first-order chi connectivity index (χ1) is 16.0. The lowest BCUT2D eigenvalue weighted by Gasteiger charge is -2.32. The molecule has 8 nitrogen and oxygen atoms in total. The molecule has 0 unspecified atom stereocenters. The molecule has 6 rings (SSSR count). The van der Waals surface area contributed by atoms with Crippen LogP contribution in [0.2, 0.25) is 0 Å². The van der Waals surface area contributed by atoms with Crippen molar-refractivity contribution in [1.82, 2.24) is 29.7 Å². The summed E-state index contributed by atoms with van der Waals surface area (Å²) < 4.78 is 23.0. The van der Waals surface area contributed by atoms with Gasteiger partial charge in [-0.1, -0.05) is 6.07 Å². The number of aryl methyl sites for hydroxylation is 2. The maximum absolute atomic E-state index is 14.9. The van der Waals surface area contributed by atoms with E-state index in [0.717, 1.165) is 16.8 Å². The highest BCUT2D eigenvalue weighted by Gasteiger charge is 2.29. The second kappa shape index (κ2) is 7.84. The zero-order chi connectivity index (χ0) is 22.5. The molecule has 1 saturated carbocycles. The van der Waals surface area contributed by atoms with Crippen LogP contribution in [0.1, 0.15) is 41.8 Å². The Morgan fingerprint density at radius 2 is 1.97 bits per heavy atom. The summed E-state index contributed by atoms with van der Waals surface area (Å²) in [6.45, 7) is 5.47. The summed E-state index contributed by atoms with van der Waals surface area (Å²) in [4.78, 5) is 20.6. The standard InChI is InChI=1S/C24H24FN7O/c1-14-3-6-18(19(25)9-14)21-22-23(28-15(2)10-26-22)30-24(29-21)31-7-8-33-20(13-31)16-11-27-32(12-16)17-4-5-17/h3,6,9-12,17,20H,4-5,7-8,13H2,1-2H3/t20-/m0/s1. The highest BCUT2D eigenvalue weighted by Crippen LogP contribution is 2.35. The van der Waals surface area contributed by atoms with E-state index in [9.17, 15) is 4.39 Å². The molecule has 2 fully saturated rings. The van der Waals surface area contributed by atoms with Crippen molar-refractivity contribution >= 4 is 17.1 Å². The van der Waals surface area contributed by atoms with Crippen LogP contribution in [0.3, 0.4) is 0 Å². The van der Waals surface area contributed by atoms with E-state index in [1.165, 1.54) is 18.9 Å². The van der Waals surface area contributed by atoms with Crippen molar-refractivity contribution in [2.75, 3.05) is 24.6 Å². The van der Waals surface area contributed by atoms with Gasteiger partial charge in [0.1, 0.15) is 23.1 Å². The average Bonchev–Trinajstić information content (AvgIpc) is 3.54. The minimum absolute atomic E-state index is 0.131. The summed E-state index contributed by atoms with van der Waals surface area (Å²) in [5.41, 5.74) is 4.43. The van der Waals surface area contributed by atoms with Gasteiger partial charge in [-0.05, 0) is 44.4 Å². The van der Waals surface area contributed by atoms with Crippen LogP contribution in [0.25, 0.3) is 22.4 Å². The van der Waals surface area contributed by atoms with Crippen molar-refractivity contribution in [3.63, 3.8) is 0 Å². The largest absolute Gasteiger partial charge is 0.370 e. The fraction of sp³-hybridized carbons (Fsp3) is 0.375. The number of fused-ring (bicyclic) bond motifs is 1. The van der Waals surface area contributed by atoms with E-state index < -0.39 is 0 Å². The molecule has 1 saturated heterocycles. The van der Waals surface area contributed by atoms with E-state index in [1.54, 1.807) is 12.3 Å². The summed E-state index contributed by atoms with van der Waals surface area (Å²) in [7, 11) is 0. The van der Waals surface area contributed by atoms with Gasteiger partial charge in [0.15, 0.2) is 5.65 Å². The lowest BCUT2D eigenvalue weighted by atomic mass is 10.1. The highest BCUT2D eigenvalue weighted by atomic mass is 19.1. The second-order valence-corrected chi connectivity index (χ2v) is 8.83. The maximum Gasteiger partial charge on any atom is 0.228 e. The van der Waals surface area contributed by atoms with Crippen LogP contribution in [0.5, 0.6) is 0 Å². The topological polar surface area (TPSA) is 81.9 Å². The number of anilines is 1. The monoisotopic (exact) mass is 445 g/mol. The van der Waals surface area contributed by atoms with Gasteiger partial charge in [-0.25, -0.2) is 19.3 Å². The molecule has 1 aliphatic carbocycles. The minimum atomic E-state index is -0.337. The summed E-state index contributed by atoms with van der Waals surface area (Å²) >= 11 is 0. The molecular formula is C24H24FN7O. The Labute approximate surface area is 190 Å². The van der Waals surface area contributed by atoms with Crippen LogP contribution in [-0.2, 0) is 4.74 Å². The number of rotatable bonds is 4. The number of nitrogens with zero attached hydrogens (tertiary/aromatic N) is 7. The molecule has 0 radical (unpaired) electrons. The van der Waals surface area contributed by atoms with Crippen molar-refractivity contribution in [2.45, 2.75) is 38.8 Å². The van der Waals surface area contributed by atoms with E-state index in [-0.39, 0.29) is 11.9 Å². The third-order valence-corrected chi connectivity index (χ3v) is 6.16. The van der Waals surface area contributed by atoms with Crippen LogP contribution in [0.15, 0.2) is 36.8 Å². The Hall–Kier alpha value is -3.46. The van der Waals surface area contributed by atoms with E-state index in [1.807, 2.05) is 30.8 Å². The zero-order valence-corrected chi connectivity index (χ0v) is 18.6. The Morgan fingerprint density at radius 1 is 1.09 bits per heavy atom. The van der Waals surface area contributed by atoms with Gasteiger partial charge in [-0.15, -0.1) is 0 Å². The molecule has 1 atom stereocenters. The zero-order valence-electron chi connectivity index (χ0n) is 18.6. The maximum atomic E-state index is 14.9. The van der Waals surface area contributed by atoms with Gasteiger partial charge < -0.3 is 9.64 Å². The predicted octanol–water partition coefficient (Wildman–Crippen LogP) is 3.95. The molecule has 0 bridgehead atoms. The Balaban J connectivity index is 1.39. The molecule has 3 aromatic heterocycles. The smallest absolute Gasteiger partial charge is 0.228 e. The number of hydrogen-bond donors (Lipinski definition) is 0. The Bertz CT molecular complexity index is 1350. The van der Waals surface area contributed by atoms with E-state index in [4.69, 9.17) is 14.7 Å². The van der Waals surface area contributed by atoms with Crippen molar-refractivity contribution < 1.29 is 9.13 Å². The normalized spacial score (nSPS) is 18.8. The van der Waals surface area contributed by atoms with Gasteiger partial charge >= 0.3 is 0 Å². The van der Waals surface area contributed by atoms with Gasteiger partial charge in [0.2, 0.25) is 5.95 Å². The van der Waals surface area contributed by atoms with Crippen molar-refractivity contribution in [3.05, 3.63) is 59.4 Å². The molecular weight excluding hydrogens is 421 g/mol. The van der Waals surface area contributed by atoms with Gasteiger partial charge in [0.05, 0.1) is 31.1 Å². The predicted molar refractivity (Wildman–Crippen MR) is 121 cm³/mol. The van der Waals surface area contributed by atoms with E-state index in [0.29, 0.717) is 54.1 Å². The van der Waals surface area contributed by atoms with Gasteiger partial charge in [0, 0.05) is 30.1 Å². The fourth-order valence-electron chi connectivity index (χ4n) is 4.21. The van der Waals surface area contributed by atoms with E-state index >= 15 is 0 Å². The summed E-state index contributed by atoms with van der Waals surface area (Å²) in [5.74, 6) is 0.163. The SMILES string of the molecule is Cc1ccc(-c2nc(N3CCO[C@H](c4cnn(C5CC5)c4)C3)nc3nc(C)cnc23)c(F)c1. The van der Waals surface area contributed by atoms with Crippen molar-refractivity contribution in [1.29, 1.82) is 0 Å².